The molecule has 2 fully saturated rings. The van der Waals surface area contributed by atoms with Gasteiger partial charge in [0.1, 0.15) is 0 Å². The average molecular weight is 238 g/mol. The molecule has 2 heteroatoms. The van der Waals surface area contributed by atoms with Crippen LogP contribution < -0.4 is 5.73 Å². The van der Waals surface area contributed by atoms with Gasteiger partial charge in [0, 0.05) is 0 Å². The molecule has 1 aliphatic carbocycles. The maximum atomic E-state index is 5.73. The van der Waals surface area contributed by atoms with Crippen molar-refractivity contribution in [3.05, 3.63) is 0 Å². The zero-order valence-corrected chi connectivity index (χ0v) is 11.4. The van der Waals surface area contributed by atoms with E-state index in [1.165, 1.54) is 77.4 Å². The Labute approximate surface area is 107 Å². The Morgan fingerprint density at radius 2 is 1.59 bits per heavy atom. The van der Waals surface area contributed by atoms with E-state index in [4.69, 9.17) is 5.73 Å². The van der Waals surface area contributed by atoms with E-state index in [2.05, 4.69) is 4.90 Å². The number of hydrogen-bond donors (Lipinski definition) is 1. The molecule has 2 nitrogen and oxygen atoms in total. The van der Waals surface area contributed by atoms with Crippen molar-refractivity contribution in [3.8, 4) is 0 Å². The summed E-state index contributed by atoms with van der Waals surface area (Å²) in [5.74, 6) is 1.87. The van der Waals surface area contributed by atoms with Gasteiger partial charge < -0.3 is 10.6 Å². The summed E-state index contributed by atoms with van der Waals surface area (Å²) in [6.07, 6.45) is 13.1. The molecule has 0 atom stereocenters. The standard InChI is InChI=1S/C15H30N2/c16-13-15-8-11-17(12-9-15)10-4-7-14-5-2-1-3-6-14/h14-15H,1-13,16H2. The Hall–Kier alpha value is -0.0800. The van der Waals surface area contributed by atoms with E-state index in [-0.39, 0.29) is 0 Å². The maximum absolute atomic E-state index is 5.73. The van der Waals surface area contributed by atoms with Gasteiger partial charge in [0.15, 0.2) is 0 Å². The van der Waals surface area contributed by atoms with Crippen LogP contribution in [0, 0.1) is 11.8 Å². The second-order valence-corrected chi connectivity index (χ2v) is 6.17. The summed E-state index contributed by atoms with van der Waals surface area (Å²) in [4.78, 5) is 2.66. The molecule has 2 rings (SSSR count). The van der Waals surface area contributed by atoms with Crippen LogP contribution in [0.4, 0.5) is 0 Å². The lowest BCUT2D eigenvalue weighted by Crippen LogP contribution is -2.36. The zero-order valence-electron chi connectivity index (χ0n) is 11.4. The molecule has 2 aliphatic rings. The molecule has 0 radical (unpaired) electrons. The van der Waals surface area contributed by atoms with Gasteiger partial charge >= 0.3 is 0 Å². The van der Waals surface area contributed by atoms with Gasteiger partial charge in [-0.05, 0) is 63.7 Å². The minimum Gasteiger partial charge on any atom is -0.330 e. The van der Waals surface area contributed by atoms with E-state index in [0.717, 1.165) is 18.4 Å². The van der Waals surface area contributed by atoms with E-state index in [9.17, 15) is 0 Å². The largest absolute Gasteiger partial charge is 0.330 e. The predicted molar refractivity (Wildman–Crippen MR) is 74.0 cm³/mol. The molecule has 100 valence electrons. The highest BCUT2D eigenvalue weighted by atomic mass is 15.1. The summed E-state index contributed by atoms with van der Waals surface area (Å²) in [6, 6.07) is 0. The van der Waals surface area contributed by atoms with Gasteiger partial charge in [-0.15, -0.1) is 0 Å². The zero-order chi connectivity index (χ0) is 11.9. The molecule has 0 amide bonds. The smallest absolute Gasteiger partial charge is 0.00156 e. The molecule has 1 saturated carbocycles. The van der Waals surface area contributed by atoms with E-state index < -0.39 is 0 Å². The second-order valence-electron chi connectivity index (χ2n) is 6.17. The molecule has 1 saturated heterocycles. The molecule has 2 N–H and O–H groups in total. The third kappa shape index (κ3) is 4.59. The Balaban J connectivity index is 1.53. The Morgan fingerprint density at radius 1 is 0.882 bits per heavy atom. The van der Waals surface area contributed by atoms with Crippen LogP contribution in [0.1, 0.15) is 57.8 Å². The third-order valence-corrected chi connectivity index (χ3v) is 4.85. The monoisotopic (exact) mass is 238 g/mol. The minimum absolute atomic E-state index is 0.810. The number of likely N-dealkylation sites (tertiary alicyclic amines) is 1. The topological polar surface area (TPSA) is 29.3 Å². The van der Waals surface area contributed by atoms with Crippen molar-refractivity contribution in [2.75, 3.05) is 26.2 Å². The van der Waals surface area contributed by atoms with E-state index in [0.29, 0.717) is 0 Å². The van der Waals surface area contributed by atoms with E-state index >= 15 is 0 Å². The fraction of sp³-hybridized carbons (Fsp3) is 1.00. The van der Waals surface area contributed by atoms with Crippen molar-refractivity contribution in [2.24, 2.45) is 17.6 Å². The van der Waals surface area contributed by atoms with Crippen LogP contribution in [-0.2, 0) is 0 Å². The summed E-state index contributed by atoms with van der Waals surface area (Å²) >= 11 is 0. The highest BCUT2D eigenvalue weighted by Crippen LogP contribution is 2.27. The van der Waals surface area contributed by atoms with Crippen LogP contribution in [0.15, 0.2) is 0 Å². The SMILES string of the molecule is NCC1CCN(CCCC2CCCCC2)CC1. The molecule has 17 heavy (non-hydrogen) atoms. The summed E-state index contributed by atoms with van der Waals surface area (Å²) in [5, 5.41) is 0. The highest BCUT2D eigenvalue weighted by Gasteiger charge is 2.18. The van der Waals surface area contributed by atoms with Gasteiger partial charge in [0.05, 0.1) is 0 Å². The molecule has 0 aromatic heterocycles. The van der Waals surface area contributed by atoms with E-state index in [1.54, 1.807) is 0 Å². The van der Waals surface area contributed by atoms with Crippen LogP contribution in [0.25, 0.3) is 0 Å². The van der Waals surface area contributed by atoms with Gasteiger partial charge in [-0.2, -0.15) is 0 Å². The van der Waals surface area contributed by atoms with Crippen molar-refractivity contribution >= 4 is 0 Å². The normalized spacial score (nSPS) is 25.2. The quantitative estimate of drug-likeness (QED) is 0.798. The lowest BCUT2D eigenvalue weighted by Gasteiger charge is -2.31. The number of rotatable bonds is 5. The highest BCUT2D eigenvalue weighted by molar-refractivity contribution is 4.73. The molecule has 1 heterocycles. The molecule has 0 unspecified atom stereocenters. The fourth-order valence-electron chi connectivity index (χ4n) is 3.53. The van der Waals surface area contributed by atoms with Gasteiger partial charge in [0.25, 0.3) is 0 Å². The first kappa shape index (κ1) is 13.4. The van der Waals surface area contributed by atoms with Gasteiger partial charge in [-0.25, -0.2) is 0 Å². The first-order valence-electron chi connectivity index (χ1n) is 7.81. The average Bonchev–Trinajstić information content (AvgIpc) is 2.41. The summed E-state index contributed by atoms with van der Waals surface area (Å²) in [6.45, 7) is 4.84. The molecular formula is C15H30N2. The van der Waals surface area contributed by atoms with Crippen molar-refractivity contribution in [1.29, 1.82) is 0 Å². The second kappa shape index (κ2) is 7.38. The fourth-order valence-corrected chi connectivity index (χ4v) is 3.53. The number of hydrogen-bond acceptors (Lipinski definition) is 2. The van der Waals surface area contributed by atoms with Crippen molar-refractivity contribution in [1.82, 2.24) is 4.90 Å². The lowest BCUT2D eigenvalue weighted by molar-refractivity contribution is 0.179. The van der Waals surface area contributed by atoms with Crippen LogP contribution in [0.2, 0.25) is 0 Å². The van der Waals surface area contributed by atoms with Crippen molar-refractivity contribution < 1.29 is 0 Å². The molecule has 1 aliphatic heterocycles. The van der Waals surface area contributed by atoms with E-state index in [1.807, 2.05) is 0 Å². The molecule has 0 aromatic rings. The minimum atomic E-state index is 0.810. The van der Waals surface area contributed by atoms with Gasteiger partial charge in [-0.1, -0.05) is 32.1 Å². The first-order valence-corrected chi connectivity index (χ1v) is 7.81. The lowest BCUT2D eigenvalue weighted by atomic mass is 9.86. The summed E-state index contributed by atoms with van der Waals surface area (Å²) < 4.78 is 0. The molecule has 0 bridgehead atoms. The van der Waals surface area contributed by atoms with Crippen molar-refractivity contribution in [3.63, 3.8) is 0 Å². The molecular weight excluding hydrogens is 208 g/mol. The number of nitrogens with two attached hydrogens (primary N) is 1. The van der Waals surface area contributed by atoms with Crippen LogP contribution in [0.5, 0.6) is 0 Å². The Morgan fingerprint density at radius 3 is 2.24 bits per heavy atom. The van der Waals surface area contributed by atoms with Crippen LogP contribution in [-0.4, -0.2) is 31.1 Å². The first-order chi connectivity index (χ1) is 8.38. The Kier molecular flexibility index (Phi) is 5.79. The van der Waals surface area contributed by atoms with Gasteiger partial charge in [-0.3, -0.25) is 0 Å². The van der Waals surface area contributed by atoms with Crippen LogP contribution >= 0.6 is 0 Å². The molecule has 0 spiro atoms. The van der Waals surface area contributed by atoms with Crippen molar-refractivity contribution in [2.45, 2.75) is 57.8 Å². The summed E-state index contributed by atoms with van der Waals surface area (Å²) in [5.41, 5.74) is 5.73. The number of piperidine rings is 1. The summed E-state index contributed by atoms with van der Waals surface area (Å²) in [7, 11) is 0. The predicted octanol–water partition coefficient (Wildman–Crippen LogP) is 3.02. The Bertz CT molecular complexity index is 191. The maximum Gasteiger partial charge on any atom is -0.00156 e. The number of nitrogens with zero attached hydrogens (tertiary/aromatic N) is 1. The third-order valence-electron chi connectivity index (χ3n) is 4.85. The van der Waals surface area contributed by atoms with Crippen LogP contribution in [0.3, 0.4) is 0 Å². The van der Waals surface area contributed by atoms with Gasteiger partial charge in [0.2, 0.25) is 0 Å². The molecule has 0 aromatic carbocycles.